The van der Waals surface area contributed by atoms with Gasteiger partial charge in [-0.2, -0.15) is 0 Å². The average molecular weight is 333 g/mol. The molecule has 1 amide bonds. The van der Waals surface area contributed by atoms with Gasteiger partial charge in [0, 0.05) is 17.6 Å². The molecule has 0 saturated heterocycles. The Morgan fingerprint density at radius 1 is 1.35 bits per heavy atom. The number of carbonyl (C=O) groups is 2. The number of rotatable bonds is 2. The first kappa shape index (κ1) is 15.3. The van der Waals surface area contributed by atoms with Crippen molar-refractivity contribution in [2.45, 2.75) is 12.5 Å². The zero-order chi connectivity index (χ0) is 16.2. The lowest BCUT2D eigenvalue weighted by Gasteiger charge is -2.14. The third-order valence-corrected chi connectivity index (χ3v) is 3.52. The Hall–Kier alpha value is -2.60. The normalized spacial score (nSPS) is 16.7. The van der Waals surface area contributed by atoms with Crippen molar-refractivity contribution in [3.05, 3.63) is 53.2 Å². The quantitative estimate of drug-likeness (QED) is 0.912. The summed E-state index contributed by atoms with van der Waals surface area (Å²) in [5, 5.41) is 2.95. The number of hydrogen-bond donors (Lipinski definition) is 1. The van der Waals surface area contributed by atoms with Crippen LogP contribution >= 0.6 is 11.6 Å². The first-order valence-electron chi connectivity index (χ1n) is 6.99. The van der Waals surface area contributed by atoms with Crippen molar-refractivity contribution in [3.8, 4) is 5.75 Å². The fraction of sp³-hybridized carbons (Fsp3) is 0.188. The zero-order valence-corrected chi connectivity index (χ0v) is 12.7. The van der Waals surface area contributed by atoms with E-state index < -0.39 is 12.2 Å². The Bertz CT molecular complexity index is 736. The van der Waals surface area contributed by atoms with Gasteiger partial charge in [-0.25, -0.2) is 9.78 Å². The van der Waals surface area contributed by atoms with E-state index in [1.807, 2.05) is 0 Å². The molecule has 3 rings (SSSR count). The molecule has 1 N–H and O–H groups in total. The summed E-state index contributed by atoms with van der Waals surface area (Å²) < 4.78 is 10.7. The molecule has 0 radical (unpaired) electrons. The van der Waals surface area contributed by atoms with Gasteiger partial charge in [0.2, 0.25) is 5.78 Å². The largest absolute Gasteiger partial charge is 0.493 e. The second-order valence-corrected chi connectivity index (χ2v) is 5.31. The van der Waals surface area contributed by atoms with Crippen molar-refractivity contribution < 1.29 is 19.1 Å². The molecule has 1 aromatic carbocycles. The van der Waals surface area contributed by atoms with Crippen LogP contribution in [0.3, 0.4) is 0 Å². The van der Waals surface area contributed by atoms with E-state index in [1.54, 1.807) is 42.6 Å². The standard InChI is InChI=1S/C16H13ClN2O4/c17-10-4-5-11-13(9-10)22-8-6-12(15(11)20)23-16(21)19-14-3-1-2-7-18-14/h1-5,7,9,12H,6,8H2,(H,18,19,21). The minimum Gasteiger partial charge on any atom is -0.493 e. The fourth-order valence-electron chi connectivity index (χ4n) is 2.21. The maximum Gasteiger partial charge on any atom is 0.413 e. The first-order valence-corrected chi connectivity index (χ1v) is 7.36. The predicted octanol–water partition coefficient (Wildman–Crippen LogP) is 3.32. The van der Waals surface area contributed by atoms with E-state index in [4.69, 9.17) is 21.1 Å². The van der Waals surface area contributed by atoms with Crippen LogP contribution in [0.4, 0.5) is 10.6 Å². The number of carbonyl (C=O) groups excluding carboxylic acids is 2. The molecule has 1 aliphatic heterocycles. The summed E-state index contributed by atoms with van der Waals surface area (Å²) in [7, 11) is 0. The summed E-state index contributed by atoms with van der Waals surface area (Å²) >= 11 is 5.90. The maximum absolute atomic E-state index is 12.5. The number of pyridine rings is 1. The SMILES string of the molecule is O=C(Nc1ccccn1)OC1CCOc2cc(Cl)ccc2C1=O. The summed E-state index contributed by atoms with van der Waals surface area (Å²) in [6.07, 6.45) is 0.154. The van der Waals surface area contributed by atoms with Crippen LogP contribution in [0, 0.1) is 0 Å². The minimum atomic E-state index is -0.916. The van der Waals surface area contributed by atoms with Crippen LogP contribution in [0.15, 0.2) is 42.6 Å². The van der Waals surface area contributed by atoms with Crippen molar-refractivity contribution >= 4 is 29.3 Å². The van der Waals surface area contributed by atoms with E-state index in [2.05, 4.69) is 10.3 Å². The molecule has 0 aliphatic carbocycles. The van der Waals surface area contributed by atoms with Crippen LogP contribution in [-0.2, 0) is 4.74 Å². The van der Waals surface area contributed by atoms with Crippen molar-refractivity contribution in [2.24, 2.45) is 0 Å². The van der Waals surface area contributed by atoms with Crippen LogP contribution < -0.4 is 10.1 Å². The smallest absolute Gasteiger partial charge is 0.413 e. The number of nitrogens with one attached hydrogen (secondary N) is 1. The summed E-state index contributed by atoms with van der Waals surface area (Å²) in [5.74, 6) is 0.436. The molecule has 6 nitrogen and oxygen atoms in total. The van der Waals surface area contributed by atoms with E-state index in [0.29, 0.717) is 22.2 Å². The number of halogens is 1. The van der Waals surface area contributed by atoms with Crippen molar-refractivity contribution in [1.82, 2.24) is 4.98 Å². The highest BCUT2D eigenvalue weighted by atomic mass is 35.5. The number of ketones is 1. The third-order valence-electron chi connectivity index (χ3n) is 3.28. The molecule has 1 aliphatic rings. The fourth-order valence-corrected chi connectivity index (χ4v) is 2.37. The highest BCUT2D eigenvalue weighted by molar-refractivity contribution is 6.30. The first-order chi connectivity index (χ1) is 11.1. The number of fused-ring (bicyclic) bond motifs is 1. The Kier molecular flexibility index (Phi) is 4.43. The molecule has 118 valence electrons. The van der Waals surface area contributed by atoms with Crippen LogP contribution in [-0.4, -0.2) is 29.6 Å². The summed E-state index contributed by atoms with van der Waals surface area (Å²) in [6.45, 7) is 0.251. The summed E-state index contributed by atoms with van der Waals surface area (Å²) in [6, 6.07) is 9.82. The highest BCUT2D eigenvalue weighted by Gasteiger charge is 2.29. The van der Waals surface area contributed by atoms with E-state index in [-0.39, 0.29) is 18.8 Å². The second-order valence-electron chi connectivity index (χ2n) is 4.88. The Morgan fingerprint density at radius 2 is 2.22 bits per heavy atom. The number of benzene rings is 1. The predicted molar refractivity (Wildman–Crippen MR) is 84.0 cm³/mol. The van der Waals surface area contributed by atoms with Crippen LogP contribution in [0.25, 0.3) is 0 Å². The third kappa shape index (κ3) is 3.60. The van der Waals surface area contributed by atoms with Gasteiger partial charge in [-0.3, -0.25) is 10.1 Å². The summed E-state index contributed by atoms with van der Waals surface area (Å²) in [4.78, 5) is 28.4. The van der Waals surface area contributed by atoms with Gasteiger partial charge in [-0.1, -0.05) is 17.7 Å². The van der Waals surface area contributed by atoms with Gasteiger partial charge in [-0.15, -0.1) is 0 Å². The van der Waals surface area contributed by atoms with Crippen molar-refractivity contribution in [1.29, 1.82) is 0 Å². The molecular weight excluding hydrogens is 320 g/mol. The lowest BCUT2D eigenvalue weighted by atomic mass is 10.0. The number of nitrogens with zero attached hydrogens (tertiary/aromatic N) is 1. The second kappa shape index (κ2) is 6.66. The maximum atomic E-state index is 12.5. The molecule has 1 atom stereocenters. The molecule has 0 spiro atoms. The van der Waals surface area contributed by atoms with Gasteiger partial charge in [-0.05, 0) is 30.3 Å². The molecular formula is C16H13ClN2O4. The zero-order valence-electron chi connectivity index (χ0n) is 12.0. The molecule has 1 unspecified atom stereocenters. The lowest BCUT2D eigenvalue weighted by molar-refractivity contribution is 0.0638. The van der Waals surface area contributed by atoms with Gasteiger partial charge in [0.1, 0.15) is 11.6 Å². The van der Waals surface area contributed by atoms with Gasteiger partial charge >= 0.3 is 6.09 Å². The molecule has 1 aromatic heterocycles. The van der Waals surface area contributed by atoms with Crippen LogP contribution in [0.5, 0.6) is 5.75 Å². The molecule has 0 bridgehead atoms. The highest BCUT2D eigenvalue weighted by Crippen LogP contribution is 2.28. The van der Waals surface area contributed by atoms with Gasteiger partial charge in [0.25, 0.3) is 0 Å². The van der Waals surface area contributed by atoms with E-state index >= 15 is 0 Å². The monoisotopic (exact) mass is 332 g/mol. The van der Waals surface area contributed by atoms with E-state index in [9.17, 15) is 9.59 Å². The van der Waals surface area contributed by atoms with Gasteiger partial charge in [0.05, 0.1) is 12.2 Å². The van der Waals surface area contributed by atoms with E-state index in [1.165, 1.54) is 0 Å². The lowest BCUT2D eigenvalue weighted by Crippen LogP contribution is -2.29. The number of aromatic nitrogens is 1. The molecule has 2 heterocycles. The van der Waals surface area contributed by atoms with Crippen LogP contribution in [0.1, 0.15) is 16.8 Å². The number of ether oxygens (including phenoxy) is 2. The Labute approximate surface area is 137 Å². The molecule has 0 saturated carbocycles. The Balaban J connectivity index is 1.72. The van der Waals surface area contributed by atoms with E-state index in [0.717, 1.165) is 0 Å². The van der Waals surface area contributed by atoms with Crippen molar-refractivity contribution in [2.75, 3.05) is 11.9 Å². The molecule has 23 heavy (non-hydrogen) atoms. The average Bonchev–Trinajstić information content (AvgIpc) is 2.68. The minimum absolute atomic E-state index is 0.251. The van der Waals surface area contributed by atoms with Gasteiger partial charge in [0.15, 0.2) is 6.10 Å². The van der Waals surface area contributed by atoms with Gasteiger partial charge < -0.3 is 9.47 Å². The topological polar surface area (TPSA) is 77.5 Å². The number of amides is 1. The molecule has 0 fully saturated rings. The molecule has 2 aromatic rings. The van der Waals surface area contributed by atoms with Crippen molar-refractivity contribution in [3.63, 3.8) is 0 Å². The summed E-state index contributed by atoms with van der Waals surface area (Å²) in [5.41, 5.74) is 0.350. The number of Topliss-reactive ketones (excluding diaryl/α,β-unsaturated/α-hetero) is 1. The Morgan fingerprint density at radius 3 is 3.00 bits per heavy atom. The number of hydrogen-bond acceptors (Lipinski definition) is 5. The molecule has 7 heteroatoms. The van der Waals surface area contributed by atoms with Crippen LogP contribution in [0.2, 0.25) is 5.02 Å². The number of anilines is 1.